The van der Waals surface area contributed by atoms with Crippen LogP contribution in [-0.2, 0) is 9.59 Å². The average Bonchev–Trinajstić information content (AvgIpc) is 3.41. The first kappa shape index (κ1) is 19.8. The van der Waals surface area contributed by atoms with Crippen molar-refractivity contribution >= 4 is 35.4 Å². The summed E-state index contributed by atoms with van der Waals surface area (Å²) in [5, 5.41) is 15.4. The molecular weight excluding hydrogens is 390 g/mol. The lowest BCUT2D eigenvalue weighted by Crippen LogP contribution is -2.58. The minimum Gasteiger partial charge on any atom is -0.479 e. The molecule has 1 saturated heterocycles. The number of aryl methyl sites for hydroxylation is 1. The molecule has 2 fully saturated rings. The molecule has 1 aromatic carbocycles. The van der Waals surface area contributed by atoms with E-state index in [1.165, 1.54) is 16.7 Å². The molecule has 8 heteroatoms. The summed E-state index contributed by atoms with van der Waals surface area (Å²) in [7, 11) is 0. The van der Waals surface area contributed by atoms with Gasteiger partial charge in [-0.3, -0.25) is 4.79 Å². The molecule has 2 aliphatic carbocycles. The quantitative estimate of drug-likeness (QED) is 0.642. The van der Waals surface area contributed by atoms with Gasteiger partial charge in [0, 0.05) is 23.9 Å². The van der Waals surface area contributed by atoms with Crippen molar-refractivity contribution in [2.75, 3.05) is 24.2 Å². The zero-order chi connectivity index (χ0) is 20.6. The summed E-state index contributed by atoms with van der Waals surface area (Å²) < 4.78 is 0. The van der Waals surface area contributed by atoms with Crippen LogP contribution in [0.15, 0.2) is 36.4 Å². The van der Waals surface area contributed by atoms with Gasteiger partial charge in [0.25, 0.3) is 0 Å². The summed E-state index contributed by atoms with van der Waals surface area (Å²) in [5.74, 6) is -0.197. The highest BCUT2D eigenvalue weighted by Gasteiger charge is 2.60. The highest BCUT2D eigenvalue weighted by atomic mass is 32.2. The molecule has 7 nitrogen and oxygen atoms in total. The molecule has 3 amide bonds. The maximum absolute atomic E-state index is 12.9. The maximum Gasteiger partial charge on any atom is 0.340 e. The molecule has 0 aromatic heterocycles. The largest absolute Gasteiger partial charge is 0.479 e. The Morgan fingerprint density at radius 3 is 2.76 bits per heavy atom. The standard InChI is InChI=1S/C21H25N3O4S/c1-13-3-2-4-16(9-13)23-20(28)22-12-18(25)24-7-8-29-21(24,19(26)27)17-11-14-5-6-15(17)10-14/h2-6,9,14-15,17H,7-8,10-12H2,1H3,(H,26,27)(H2,22,23,28)/t14-,15?,17?,21?/m1/s1. The number of carbonyl (C=O) groups excluding carboxylic acids is 2. The average molecular weight is 416 g/mol. The number of nitrogens with zero attached hydrogens (tertiary/aromatic N) is 1. The van der Waals surface area contributed by atoms with Crippen molar-refractivity contribution in [3.63, 3.8) is 0 Å². The molecule has 4 atom stereocenters. The molecule has 1 heterocycles. The minimum atomic E-state index is -1.24. The van der Waals surface area contributed by atoms with Gasteiger partial charge in [-0.1, -0.05) is 24.3 Å². The second-order valence-corrected chi connectivity index (χ2v) is 9.28. The van der Waals surface area contributed by atoms with Crippen molar-refractivity contribution in [3.05, 3.63) is 42.0 Å². The van der Waals surface area contributed by atoms with Crippen LogP contribution in [0.1, 0.15) is 18.4 Å². The molecule has 3 unspecified atom stereocenters. The number of amides is 3. The van der Waals surface area contributed by atoms with Crippen LogP contribution in [0.5, 0.6) is 0 Å². The summed E-state index contributed by atoms with van der Waals surface area (Å²) >= 11 is 1.35. The molecule has 0 radical (unpaired) electrons. The molecule has 29 heavy (non-hydrogen) atoms. The number of carboxylic acid groups (broad SMARTS) is 1. The number of hydrogen-bond donors (Lipinski definition) is 3. The highest BCUT2D eigenvalue weighted by Crippen LogP contribution is 2.55. The first-order valence-corrected chi connectivity index (χ1v) is 10.9. The zero-order valence-electron chi connectivity index (χ0n) is 16.3. The lowest BCUT2D eigenvalue weighted by atomic mass is 9.85. The van der Waals surface area contributed by atoms with Crippen molar-refractivity contribution in [2.24, 2.45) is 17.8 Å². The smallest absolute Gasteiger partial charge is 0.340 e. The number of anilines is 1. The van der Waals surface area contributed by atoms with Gasteiger partial charge in [0.15, 0.2) is 4.87 Å². The van der Waals surface area contributed by atoms with Gasteiger partial charge in [-0.25, -0.2) is 9.59 Å². The van der Waals surface area contributed by atoms with E-state index < -0.39 is 16.9 Å². The van der Waals surface area contributed by atoms with Crippen LogP contribution in [0.2, 0.25) is 0 Å². The van der Waals surface area contributed by atoms with E-state index in [0.717, 1.165) is 18.4 Å². The summed E-state index contributed by atoms with van der Waals surface area (Å²) in [4.78, 5) is 37.7. The number of rotatable bonds is 5. The third-order valence-electron chi connectivity index (χ3n) is 6.10. The number of carbonyl (C=O) groups is 3. The molecule has 0 spiro atoms. The summed E-state index contributed by atoms with van der Waals surface area (Å²) in [6.07, 6.45) is 6.04. The van der Waals surface area contributed by atoms with E-state index >= 15 is 0 Å². The number of nitrogens with one attached hydrogen (secondary N) is 2. The van der Waals surface area contributed by atoms with Crippen LogP contribution < -0.4 is 10.6 Å². The number of urea groups is 1. The first-order valence-electron chi connectivity index (χ1n) is 9.88. The fraction of sp³-hybridized carbons (Fsp3) is 0.476. The highest BCUT2D eigenvalue weighted by molar-refractivity contribution is 8.01. The van der Waals surface area contributed by atoms with Crippen molar-refractivity contribution in [3.8, 4) is 0 Å². The monoisotopic (exact) mass is 415 g/mol. The predicted octanol–water partition coefficient (Wildman–Crippen LogP) is 2.69. The third kappa shape index (κ3) is 3.61. The fourth-order valence-electron chi connectivity index (χ4n) is 4.87. The fourth-order valence-corrected chi connectivity index (χ4v) is 6.41. The Hall–Kier alpha value is -2.48. The summed E-state index contributed by atoms with van der Waals surface area (Å²) in [6, 6.07) is 6.87. The maximum atomic E-state index is 12.9. The Balaban J connectivity index is 1.42. The van der Waals surface area contributed by atoms with E-state index in [9.17, 15) is 19.5 Å². The van der Waals surface area contributed by atoms with E-state index in [-0.39, 0.29) is 24.3 Å². The van der Waals surface area contributed by atoms with Gasteiger partial charge in [0.1, 0.15) is 0 Å². The molecule has 1 aromatic rings. The van der Waals surface area contributed by atoms with Crippen molar-refractivity contribution in [1.82, 2.24) is 10.2 Å². The van der Waals surface area contributed by atoms with Gasteiger partial charge >= 0.3 is 12.0 Å². The lowest BCUT2D eigenvalue weighted by Gasteiger charge is -2.41. The van der Waals surface area contributed by atoms with Crippen LogP contribution in [0.3, 0.4) is 0 Å². The molecule has 3 N–H and O–H groups in total. The summed E-state index contributed by atoms with van der Waals surface area (Å²) in [6.45, 7) is 2.08. The first-order chi connectivity index (χ1) is 13.9. The number of fused-ring (bicyclic) bond motifs is 2. The Morgan fingerprint density at radius 2 is 2.10 bits per heavy atom. The second kappa shape index (κ2) is 7.74. The molecular formula is C21H25N3O4S. The number of hydrogen-bond acceptors (Lipinski definition) is 4. The van der Waals surface area contributed by atoms with Gasteiger partial charge in [0.2, 0.25) is 5.91 Å². The number of benzene rings is 1. The van der Waals surface area contributed by atoms with E-state index in [0.29, 0.717) is 23.9 Å². The van der Waals surface area contributed by atoms with Crippen LogP contribution in [-0.4, -0.2) is 51.6 Å². The van der Waals surface area contributed by atoms with Gasteiger partial charge in [-0.2, -0.15) is 0 Å². The predicted molar refractivity (Wildman–Crippen MR) is 112 cm³/mol. The second-order valence-electron chi connectivity index (χ2n) is 7.96. The molecule has 1 aliphatic heterocycles. The molecule has 1 saturated carbocycles. The Kier molecular flexibility index (Phi) is 5.29. The molecule has 2 bridgehead atoms. The molecule has 3 aliphatic rings. The number of thioether (sulfide) groups is 1. The minimum absolute atomic E-state index is 0.0902. The van der Waals surface area contributed by atoms with E-state index in [4.69, 9.17) is 0 Å². The third-order valence-corrected chi connectivity index (χ3v) is 7.63. The van der Waals surface area contributed by atoms with Gasteiger partial charge in [-0.05, 0) is 49.3 Å². The van der Waals surface area contributed by atoms with Crippen LogP contribution in [0, 0.1) is 24.7 Å². The van der Waals surface area contributed by atoms with Crippen molar-refractivity contribution in [1.29, 1.82) is 0 Å². The Bertz CT molecular complexity index is 873. The van der Waals surface area contributed by atoms with Crippen LogP contribution in [0.4, 0.5) is 10.5 Å². The molecule has 154 valence electrons. The van der Waals surface area contributed by atoms with Crippen molar-refractivity contribution in [2.45, 2.75) is 24.6 Å². The van der Waals surface area contributed by atoms with Crippen molar-refractivity contribution < 1.29 is 19.5 Å². The SMILES string of the molecule is Cc1cccc(NC(=O)NCC(=O)N2CCSC2(C(=O)O)C2C[C@@H]3C=CC2C3)c1. The molecule has 4 rings (SSSR count). The Labute approximate surface area is 173 Å². The summed E-state index contributed by atoms with van der Waals surface area (Å²) in [5.41, 5.74) is 1.65. The van der Waals surface area contributed by atoms with Crippen LogP contribution in [0.25, 0.3) is 0 Å². The van der Waals surface area contributed by atoms with Gasteiger partial charge in [0.05, 0.1) is 6.54 Å². The van der Waals surface area contributed by atoms with Gasteiger partial charge < -0.3 is 20.6 Å². The van der Waals surface area contributed by atoms with E-state index in [1.807, 2.05) is 25.1 Å². The zero-order valence-corrected chi connectivity index (χ0v) is 17.1. The van der Waals surface area contributed by atoms with E-state index in [1.54, 1.807) is 6.07 Å². The number of allylic oxidation sites excluding steroid dienone is 2. The van der Waals surface area contributed by atoms with E-state index in [2.05, 4.69) is 22.8 Å². The van der Waals surface area contributed by atoms with Crippen LogP contribution >= 0.6 is 11.8 Å². The number of aliphatic carboxylic acids is 1. The number of carboxylic acids is 1. The normalized spacial score (nSPS) is 29.8. The lowest BCUT2D eigenvalue weighted by molar-refractivity contribution is -0.154. The topological polar surface area (TPSA) is 98.7 Å². The Morgan fingerprint density at radius 1 is 1.28 bits per heavy atom. The van der Waals surface area contributed by atoms with Gasteiger partial charge in [-0.15, -0.1) is 11.8 Å².